The third-order valence-electron chi connectivity index (χ3n) is 3.35. The molecule has 0 atom stereocenters. The van der Waals surface area contributed by atoms with Crippen molar-refractivity contribution >= 4 is 34.4 Å². The van der Waals surface area contributed by atoms with E-state index in [2.05, 4.69) is 15.4 Å². The lowest BCUT2D eigenvalue weighted by atomic mass is 10.2. The number of fused-ring (bicyclic) bond motifs is 1. The number of anilines is 1. The molecule has 2 N–H and O–H groups in total. The van der Waals surface area contributed by atoms with Gasteiger partial charge in [-0.2, -0.15) is 0 Å². The molecule has 0 spiro atoms. The molecule has 0 fully saturated rings. The largest absolute Gasteiger partial charge is 0.463 e. The molecule has 0 aliphatic carbocycles. The fourth-order valence-electron chi connectivity index (χ4n) is 2.28. The molecule has 0 unspecified atom stereocenters. The number of non-ortho nitro benzene ring substituents is 1. The van der Waals surface area contributed by atoms with E-state index in [0.717, 1.165) is 0 Å². The fraction of sp³-hybridized carbons (Fsp3) is 0.412. The Hall–Kier alpha value is -3.30. The summed E-state index contributed by atoms with van der Waals surface area (Å²) in [5.41, 5.74) is -0.209. The number of rotatable bonds is 6. The first-order valence-electron chi connectivity index (χ1n) is 8.12. The number of nitro groups is 1. The van der Waals surface area contributed by atoms with Crippen LogP contribution in [-0.4, -0.2) is 42.8 Å². The first-order valence-corrected chi connectivity index (χ1v) is 8.12. The van der Waals surface area contributed by atoms with Gasteiger partial charge in [0.25, 0.3) is 5.69 Å². The molecule has 146 valence electrons. The molecule has 2 rings (SSSR count). The standard InChI is InChI=1S/C17H21N3O7/c1-17(2,3)27-16(22)19-8-7-18-13-11-9-10(20(23)24)5-6-12(11)26-14(13)15(21)25-4/h5-6,9,18H,7-8H2,1-4H3,(H,19,22). The minimum atomic E-state index is -0.726. The fourth-order valence-corrected chi connectivity index (χ4v) is 2.28. The van der Waals surface area contributed by atoms with Crippen LogP contribution in [0.3, 0.4) is 0 Å². The maximum atomic E-state index is 11.9. The van der Waals surface area contributed by atoms with Gasteiger partial charge in [0, 0.05) is 25.2 Å². The topological polar surface area (TPSA) is 133 Å². The van der Waals surface area contributed by atoms with Crippen LogP contribution in [0.25, 0.3) is 11.0 Å². The number of nitrogens with one attached hydrogen (secondary N) is 2. The van der Waals surface area contributed by atoms with E-state index in [0.29, 0.717) is 11.0 Å². The van der Waals surface area contributed by atoms with Gasteiger partial charge in [0.2, 0.25) is 5.76 Å². The van der Waals surface area contributed by atoms with Crippen LogP contribution in [0.1, 0.15) is 31.3 Å². The molecule has 10 heteroatoms. The molecule has 1 amide bonds. The summed E-state index contributed by atoms with van der Waals surface area (Å²) in [6, 6.07) is 3.99. The number of hydrogen-bond acceptors (Lipinski definition) is 8. The molecule has 1 aromatic heterocycles. The highest BCUT2D eigenvalue weighted by Gasteiger charge is 2.23. The van der Waals surface area contributed by atoms with Gasteiger partial charge in [-0.1, -0.05) is 0 Å². The number of furan rings is 1. The minimum absolute atomic E-state index is 0.106. The highest BCUT2D eigenvalue weighted by atomic mass is 16.6. The van der Waals surface area contributed by atoms with Crippen molar-refractivity contribution in [2.75, 3.05) is 25.5 Å². The molecular formula is C17H21N3O7. The molecule has 0 saturated carbocycles. The second-order valence-corrected chi connectivity index (χ2v) is 6.59. The Kier molecular flexibility index (Phi) is 5.88. The Morgan fingerprint density at radius 3 is 2.56 bits per heavy atom. The van der Waals surface area contributed by atoms with Crippen LogP contribution >= 0.6 is 0 Å². The summed E-state index contributed by atoms with van der Waals surface area (Å²) >= 11 is 0. The molecule has 27 heavy (non-hydrogen) atoms. The Morgan fingerprint density at radius 1 is 1.26 bits per heavy atom. The molecule has 10 nitrogen and oxygen atoms in total. The maximum Gasteiger partial charge on any atom is 0.407 e. The summed E-state index contributed by atoms with van der Waals surface area (Å²) in [5.74, 6) is -0.832. The molecule has 0 radical (unpaired) electrons. The average molecular weight is 379 g/mol. The second kappa shape index (κ2) is 7.94. The van der Waals surface area contributed by atoms with Gasteiger partial charge >= 0.3 is 12.1 Å². The first kappa shape index (κ1) is 20.0. The van der Waals surface area contributed by atoms with Crippen LogP contribution < -0.4 is 10.6 Å². The van der Waals surface area contributed by atoms with E-state index in [-0.39, 0.29) is 30.2 Å². The molecule has 0 aliphatic rings. The van der Waals surface area contributed by atoms with Gasteiger partial charge in [0.1, 0.15) is 11.2 Å². The summed E-state index contributed by atoms with van der Waals surface area (Å²) in [4.78, 5) is 34.0. The molecule has 2 aromatic rings. The SMILES string of the molecule is COC(=O)c1oc2ccc([N+](=O)[O-])cc2c1NCCNC(=O)OC(C)(C)C. The number of esters is 1. The smallest absolute Gasteiger partial charge is 0.407 e. The van der Waals surface area contributed by atoms with Crippen molar-refractivity contribution in [2.24, 2.45) is 0 Å². The van der Waals surface area contributed by atoms with Crippen molar-refractivity contribution in [1.29, 1.82) is 0 Å². The number of nitrogens with zero attached hydrogens (tertiary/aromatic N) is 1. The van der Waals surface area contributed by atoms with Crippen LogP contribution in [0, 0.1) is 10.1 Å². The number of carbonyl (C=O) groups is 2. The number of benzene rings is 1. The molecule has 1 heterocycles. The first-order chi connectivity index (χ1) is 12.6. The Bertz CT molecular complexity index is 867. The lowest BCUT2D eigenvalue weighted by molar-refractivity contribution is -0.384. The summed E-state index contributed by atoms with van der Waals surface area (Å²) < 4.78 is 15.3. The molecular weight excluding hydrogens is 358 g/mol. The van der Waals surface area contributed by atoms with Gasteiger partial charge in [-0.05, 0) is 26.8 Å². The normalized spacial score (nSPS) is 11.1. The second-order valence-electron chi connectivity index (χ2n) is 6.59. The van der Waals surface area contributed by atoms with Crippen LogP contribution in [0.2, 0.25) is 0 Å². The number of carbonyl (C=O) groups excluding carboxylic acids is 2. The van der Waals surface area contributed by atoms with Crippen molar-refractivity contribution in [2.45, 2.75) is 26.4 Å². The van der Waals surface area contributed by atoms with Crippen molar-refractivity contribution in [3.05, 3.63) is 34.1 Å². The van der Waals surface area contributed by atoms with Crippen molar-refractivity contribution < 1.29 is 28.4 Å². The van der Waals surface area contributed by atoms with E-state index in [1.165, 1.54) is 25.3 Å². The average Bonchev–Trinajstić information content (AvgIpc) is 2.94. The number of amides is 1. The lowest BCUT2D eigenvalue weighted by Gasteiger charge is -2.19. The zero-order valence-corrected chi connectivity index (χ0v) is 15.5. The van der Waals surface area contributed by atoms with Crippen LogP contribution in [-0.2, 0) is 9.47 Å². The zero-order chi connectivity index (χ0) is 20.2. The number of methoxy groups -OCH3 is 1. The molecule has 0 saturated heterocycles. The minimum Gasteiger partial charge on any atom is -0.463 e. The van der Waals surface area contributed by atoms with Crippen LogP contribution in [0.15, 0.2) is 22.6 Å². The van der Waals surface area contributed by atoms with E-state index in [1.807, 2.05) is 0 Å². The van der Waals surface area contributed by atoms with Gasteiger partial charge in [0.05, 0.1) is 23.1 Å². The molecule has 1 aromatic carbocycles. The van der Waals surface area contributed by atoms with Crippen molar-refractivity contribution in [1.82, 2.24) is 5.32 Å². The highest BCUT2D eigenvalue weighted by molar-refractivity contribution is 6.04. The van der Waals surface area contributed by atoms with Gasteiger partial charge in [-0.25, -0.2) is 9.59 Å². The number of alkyl carbamates (subject to hydrolysis) is 1. The van der Waals surface area contributed by atoms with Gasteiger partial charge < -0.3 is 24.5 Å². The van der Waals surface area contributed by atoms with Gasteiger partial charge in [-0.15, -0.1) is 0 Å². The monoisotopic (exact) mass is 379 g/mol. The maximum absolute atomic E-state index is 11.9. The van der Waals surface area contributed by atoms with E-state index >= 15 is 0 Å². The Labute approximate surface area is 154 Å². The van der Waals surface area contributed by atoms with E-state index in [9.17, 15) is 19.7 Å². The molecule has 0 bridgehead atoms. The summed E-state index contributed by atoms with van der Waals surface area (Å²) in [6.45, 7) is 5.66. The van der Waals surface area contributed by atoms with Gasteiger partial charge in [0.15, 0.2) is 0 Å². The summed E-state index contributed by atoms with van der Waals surface area (Å²) in [7, 11) is 1.20. The number of nitro benzene ring substituents is 1. The van der Waals surface area contributed by atoms with Crippen molar-refractivity contribution in [3.63, 3.8) is 0 Å². The van der Waals surface area contributed by atoms with Crippen LogP contribution in [0.4, 0.5) is 16.2 Å². The highest BCUT2D eigenvalue weighted by Crippen LogP contribution is 2.33. The van der Waals surface area contributed by atoms with E-state index in [1.54, 1.807) is 20.8 Å². The van der Waals surface area contributed by atoms with Crippen LogP contribution in [0.5, 0.6) is 0 Å². The third kappa shape index (κ3) is 5.09. The zero-order valence-electron chi connectivity index (χ0n) is 15.5. The number of hydrogen-bond donors (Lipinski definition) is 2. The predicted octanol–water partition coefficient (Wildman–Crippen LogP) is 3.06. The van der Waals surface area contributed by atoms with Gasteiger partial charge in [-0.3, -0.25) is 10.1 Å². The Morgan fingerprint density at radius 2 is 1.96 bits per heavy atom. The quantitative estimate of drug-likeness (QED) is 0.339. The third-order valence-corrected chi connectivity index (χ3v) is 3.35. The van der Waals surface area contributed by atoms with Crippen molar-refractivity contribution in [3.8, 4) is 0 Å². The predicted molar refractivity (Wildman–Crippen MR) is 96.9 cm³/mol. The lowest BCUT2D eigenvalue weighted by Crippen LogP contribution is -2.35. The Balaban J connectivity index is 2.17. The molecule has 0 aliphatic heterocycles. The van der Waals surface area contributed by atoms with E-state index < -0.39 is 22.6 Å². The number of ether oxygens (including phenoxy) is 2. The summed E-state index contributed by atoms with van der Waals surface area (Å²) in [6.07, 6.45) is -0.579. The van der Waals surface area contributed by atoms with E-state index in [4.69, 9.17) is 9.15 Å². The summed E-state index contributed by atoms with van der Waals surface area (Å²) in [5, 5.41) is 16.9.